The smallest absolute Gasteiger partial charge is 0.0483 e. The van der Waals surface area contributed by atoms with Crippen LogP contribution < -0.4 is 0 Å². The van der Waals surface area contributed by atoms with Gasteiger partial charge in [0.1, 0.15) is 0 Å². The first-order chi connectivity index (χ1) is 10.4. The van der Waals surface area contributed by atoms with Gasteiger partial charge < -0.3 is 45.0 Å². The van der Waals surface area contributed by atoms with Gasteiger partial charge in [0.2, 0.25) is 0 Å². The Kier molecular flexibility index (Phi) is 232. The summed E-state index contributed by atoms with van der Waals surface area (Å²) in [5, 5.41) is 46.9. The van der Waals surface area contributed by atoms with E-state index in [9.17, 15) is 0 Å². The second-order valence-corrected chi connectivity index (χ2v) is 4.23. The Morgan fingerprint density at radius 1 is 0.538 bits per heavy atom. The minimum atomic E-state index is -0.167. The van der Waals surface area contributed by atoms with Crippen LogP contribution >= 0.6 is 0 Å². The fraction of sp³-hybridized carbons (Fsp3) is 0.889. The number of hydrogen-bond acceptors (Lipinski definition) is 6. The summed E-state index contributed by atoms with van der Waals surface area (Å²) in [6, 6.07) is 0. The van der Waals surface area contributed by atoms with Crippen LogP contribution in [0.4, 0.5) is 0 Å². The topological polar surface area (TPSA) is 121 Å². The second-order valence-electron chi connectivity index (χ2n) is 4.23. The number of aliphatic hydroxyl groups excluding tert-OH is 6. The van der Waals surface area contributed by atoms with Crippen molar-refractivity contribution in [2.24, 2.45) is 0 Å². The molecule has 6 N–H and O–H groups in total. The molecular formula is C18H50O6Ti2-2. The van der Waals surface area contributed by atoms with Gasteiger partial charge in [-0.2, -0.15) is 6.92 Å². The summed E-state index contributed by atoms with van der Waals surface area (Å²) in [7, 11) is 0. The summed E-state index contributed by atoms with van der Waals surface area (Å²) < 4.78 is 0. The van der Waals surface area contributed by atoms with Crippen LogP contribution in [0.3, 0.4) is 0 Å². The largest absolute Gasteiger partial charge is 0.397 e. The van der Waals surface area contributed by atoms with Crippen molar-refractivity contribution in [2.75, 3.05) is 19.8 Å². The van der Waals surface area contributed by atoms with E-state index >= 15 is 0 Å². The SMILES string of the molecule is CC(C)O.CC(C)O.CC(C)O.CCO.CCO.CCO.[CH2-]C.[CH3-].[Ti].[Ti]. The van der Waals surface area contributed by atoms with Crippen LogP contribution in [0.5, 0.6) is 0 Å². The van der Waals surface area contributed by atoms with Gasteiger partial charge in [-0.1, -0.05) is 0 Å². The molecule has 0 fully saturated rings. The van der Waals surface area contributed by atoms with Crippen LogP contribution in [0.1, 0.15) is 69.2 Å². The maximum absolute atomic E-state index is 8.06. The molecule has 0 aliphatic carbocycles. The molecule has 0 radical (unpaired) electrons. The molecule has 0 unspecified atom stereocenters. The van der Waals surface area contributed by atoms with Gasteiger partial charge >= 0.3 is 0 Å². The summed E-state index contributed by atoms with van der Waals surface area (Å²) in [6.45, 7) is 21.1. The Morgan fingerprint density at radius 2 is 0.538 bits per heavy atom. The molecule has 0 aromatic carbocycles. The van der Waals surface area contributed by atoms with E-state index in [4.69, 9.17) is 30.6 Å². The van der Waals surface area contributed by atoms with Gasteiger partial charge in [-0.25, -0.2) is 0 Å². The summed E-state index contributed by atoms with van der Waals surface area (Å²) in [4.78, 5) is 0. The van der Waals surface area contributed by atoms with Gasteiger partial charge in [0.15, 0.2) is 0 Å². The Hall–Kier alpha value is 1.19. The van der Waals surface area contributed by atoms with Crippen molar-refractivity contribution in [1.29, 1.82) is 0 Å². The minimum Gasteiger partial charge on any atom is -0.397 e. The van der Waals surface area contributed by atoms with Crippen molar-refractivity contribution in [2.45, 2.75) is 87.5 Å². The monoisotopic (exact) mass is 458 g/mol. The van der Waals surface area contributed by atoms with Crippen molar-refractivity contribution in [3.05, 3.63) is 14.4 Å². The van der Waals surface area contributed by atoms with E-state index in [1.54, 1.807) is 69.2 Å². The zero-order valence-electron chi connectivity index (χ0n) is 19.2. The van der Waals surface area contributed by atoms with Crippen molar-refractivity contribution in [3.63, 3.8) is 0 Å². The van der Waals surface area contributed by atoms with Crippen molar-refractivity contribution in [1.82, 2.24) is 0 Å². The molecule has 8 heteroatoms. The zero-order valence-corrected chi connectivity index (χ0v) is 22.4. The third-order valence-corrected chi connectivity index (χ3v) is 0. The Morgan fingerprint density at radius 3 is 0.538 bits per heavy atom. The molecule has 0 heterocycles. The molecule has 0 rings (SSSR count). The van der Waals surface area contributed by atoms with E-state index in [-0.39, 0.29) is 89.0 Å². The average molecular weight is 458 g/mol. The number of hydrogen-bond donors (Lipinski definition) is 6. The van der Waals surface area contributed by atoms with E-state index in [1.165, 1.54) is 0 Å². The Bertz CT molecular complexity index is 82.4. The van der Waals surface area contributed by atoms with Crippen molar-refractivity contribution in [3.8, 4) is 0 Å². The van der Waals surface area contributed by atoms with E-state index in [1.807, 2.05) is 0 Å². The van der Waals surface area contributed by atoms with Gasteiger partial charge in [-0.15, -0.1) is 0 Å². The van der Waals surface area contributed by atoms with Crippen LogP contribution in [0.15, 0.2) is 0 Å². The van der Waals surface area contributed by atoms with Gasteiger partial charge in [0.25, 0.3) is 0 Å². The molecule has 0 bridgehead atoms. The third kappa shape index (κ3) is 10400. The standard InChI is InChI=1S/3C3H8O.3C2H6O.C2H5.CH3.2Ti/c3*1-3(2)4;3*1-2-3;1-2;;;/h3*3-4H,1-2H3;3*3H,2H2,1H3;1H2,2H3;1H3;;/q;;;;;;2*-1;;. The van der Waals surface area contributed by atoms with Gasteiger partial charge in [-0.3, -0.25) is 0 Å². The summed E-state index contributed by atoms with van der Waals surface area (Å²) >= 11 is 0. The molecule has 0 atom stereocenters. The first-order valence-corrected chi connectivity index (χ1v) is 8.02. The fourth-order valence-electron chi connectivity index (χ4n) is 0. The van der Waals surface area contributed by atoms with Crippen LogP contribution in [0.25, 0.3) is 0 Å². The quantitative estimate of drug-likeness (QED) is 0.245. The molecule has 0 aliphatic rings. The van der Waals surface area contributed by atoms with Gasteiger partial charge in [0.05, 0.1) is 0 Å². The third-order valence-electron chi connectivity index (χ3n) is 0. The molecule has 0 aromatic rings. The van der Waals surface area contributed by atoms with E-state index in [2.05, 4.69) is 6.92 Å². The molecule has 6 nitrogen and oxygen atoms in total. The fourth-order valence-corrected chi connectivity index (χ4v) is 0. The zero-order chi connectivity index (χ0) is 20.9. The summed E-state index contributed by atoms with van der Waals surface area (Å²) in [5.41, 5.74) is 0. The second kappa shape index (κ2) is 95.5. The van der Waals surface area contributed by atoms with E-state index in [0.29, 0.717) is 0 Å². The Balaban J connectivity index is -0.0000000142. The van der Waals surface area contributed by atoms with Gasteiger partial charge in [-0.05, 0) is 62.3 Å². The minimum absolute atomic E-state index is 0. The van der Waals surface area contributed by atoms with E-state index in [0.717, 1.165) is 0 Å². The maximum Gasteiger partial charge on any atom is 0.0483 e. The predicted octanol–water partition coefficient (Wildman–Crippen LogP) is 2.44. The Labute approximate surface area is 195 Å². The molecular weight excluding hydrogens is 408 g/mol. The molecule has 0 saturated carbocycles. The molecule has 168 valence electrons. The van der Waals surface area contributed by atoms with Crippen LogP contribution in [0.2, 0.25) is 0 Å². The molecule has 26 heavy (non-hydrogen) atoms. The number of aliphatic hydroxyl groups is 6. The normalized spacial score (nSPS) is 6.46. The van der Waals surface area contributed by atoms with Crippen molar-refractivity contribution < 1.29 is 74.1 Å². The summed E-state index contributed by atoms with van der Waals surface area (Å²) in [6.07, 6.45) is -0.500. The van der Waals surface area contributed by atoms with E-state index < -0.39 is 0 Å². The van der Waals surface area contributed by atoms with Gasteiger partial charge in [0, 0.05) is 81.6 Å². The van der Waals surface area contributed by atoms with Crippen LogP contribution in [-0.2, 0) is 43.4 Å². The molecule has 0 aromatic heterocycles. The average Bonchev–Trinajstić information content (AvgIpc) is 2.31. The summed E-state index contributed by atoms with van der Waals surface area (Å²) in [5.74, 6) is 0. The van der Waals surface area contributed by atoms with Crippen molar-refractivity contribution >= 4 is 0 Å². The first kappa shape index (κ1) is 63.1. The maximum atomic E-state index is 8.06. The van der Waals surface area contributed by atoms with Crippen LogP contribution in [-0.4, -0.2) is 68.8 Å². The number of rotatable bonds is 0. The predicted molar refractivity (Wildman–Crippen MR) is 108 cm³/mol. The molecule has 0 saturated heterocycles. The first-order valence-electron chi connectivity index (χ1n) is 8.02. The molecule has 0 aliphatic heterocycles. The van der Waals surface area contributed by atoms with Crippen LogP contribution in [0, 0.1) is 14.4 Å². The molecule has 0 amide bonds. The molecule has 0 spiro atoms.